The van der Waals surface area contributed by atoms with Gasteiger partial charge in [0.05, 0.1) is 6.10 Å². The quantitative estimate of drug-likeness (QED) is 0.739. The van der Waals surface area contributed by atoms with Gasteiger partial charge in [0.2, 0.25) is 11.8 Å². The average Bonchev–Trinajstić information content (AvgIpc) is 2.63. The second-order valence-electron chi connectivity index (χ2n) is 5.54. The molecule has 0 aromatic heterocycles. The Hall–Kier alpha value is -1.10. The number of nitrogens with one attached hydrogen (secondary N) is 1. The van der Waals surface area contributed by atoms with Crippen molar-refractivity contribution in [3.05, 3.63) is 0 Å². The molecule has 0 saturated carbocycles. The van der Waals surface area contributed by atoms with Crippen LogP contribution in [0, 0.1) is 5.41 Å². The van der Waals surface area contributed by atoms with Gasteiger partial charge < -0.3 is 15.3 Å². The normalized spacial score (nSPS) is 20.5. The number of rotatable bonds is 3. The summed E-state index contributed by atoms with van der Waals surface area (Å²) in [7, 11) is 0. The molecule has 1 rings (SSSR count). The fraction of sp³-hybridized carbons (Fsp3) is 0.833. The minimum atomic E-state index is -0.424. The summed E-state index contributed by atoms with van der Waals surface area (Å²) >= 11 is 0. The first-order valence-corrected chi connectivity index (χ1v) is 6.05. The zero-order chi connectivity index (χ0) is 13.1. The standard InChI is InChI=1S/C12H22N2O3/c1-12(2,3)11(17)13-6-4-10(16)14-7-5-9(15)8-14/h9,15H,4-8H2,1-3H3,(H,13,17)/t9-/m1/s1. The Labute approximate surface area is 102 Å². The van der Waals surface area contributed by atoms with Gasteiger partial charge in [0, 0.05) is 31.5 Å². The maximum atomic E-state index is 11.7. The Morgan fingerprint density at radius 2 is 2.06 bits per heavy atom. The van der Waals surface area contributed by atoms with Crippen LogP contribution in [0.4, 0.5) is 0 Å². The van der Waals surface area contributed by atoms with Crippen molar-refractivity contribution < 1.29 is 14.7 Å². The average molecular weight is 242 g/mol. The minimum absolute atomic E-state index is 0.00393. The third-order valence-corrected chi connectivity index (χ3v) is 2.82. The van der Waals surface area contributed by atoms with Gasteiger partial charge in [-0.05, 0) is 6.42 Å². The number of likely N-dealkylation sites (tertiary alicyclic amines) is 1. The van der Waals surface area contributed by atoms with Crippen LogP contribution in [0.15, 0.2) is 0 Å². The van der Waals surface area contributed by atoms with Crippen molar-refractivity contribution >= 4 is 11.8 Å². The highest BCUT2D eigenvalue weighted by atomic mass is 16.3. The second kappa shape index (κ2) is 5.49. The van der Waals surface area contributed by atoms with Crippen molar-refractivity contribution in [1.82, 2.24) is 10.2 Å². The minimum Gasteiger partial charge on any atom is -0.391 e. The van der Waals surface area contributed by atoms with E-state index in [-0.39, 0.29) is 17.9 Å². The summed E-state index contributed by atoms with van der Waals surface area (Å²) in [5, 5.41) is 12.0. The summed E-state index contributed by atoms with van der Waals surface area (Å²) in [6.07, 6.45) is 0.567. The van der Waals surface area contributed by atoms with E-state index < -0.39 is 5.41 Å². The van der Waals surface area contributed by atoms with Gasteiger partial charge >= 0.3 is 0 Å². The molecule has 2 amide bonds. The van der Waals surface area contributed by atoms with Crippen LogP contribution in [-0.2, 0) is 9.59 Å². The monoisotopic (exact) mass is 242 g/mol. The highest BCUT2D eigenvalue weighted by Gasteiger charge is 2.25. The molecule has 1 atom stereocenters. The number of carbonyl (C=O) groups is 2. The first-order chi connectivity index (χ1) is 7.80. The fourth-order valence-electron chi connectivity index (χ4n) is 1.67. The molecule has 1 fully saturated rings. The largest absolute Gasteiger partial charge is 0.391 e. The van der Waals surface area contributed by atoms with E-state index in [0.717, 1.165) is 0 Å². The molecule has 5 heteroatoms. The van der Waals surface area contributed by atoms with Crippen molar-refractivity contribution in [2.24, 2.45) is 5.41 Å². The van der Waals surface area contributed by atoms with E-state index in [1.165, 1.54) is 0 Å². The van der Waals surface area contributed by atoms with Crippen LogP contribution in [0.5, 0.6) is 0 Å². The van der Waals surface area contributed by atoms with E-state index in [2.05, 4.69) is 5.32 Å². The number of carbonyl (C=O) groups excluding carboxylic acids is 2. The molecule has 0 aromatic carbocycles. The predicted octanol–water partition coefficient (Wildman–Crippen LogP) is 0.132. The van der Waals surface area contributed by atoms with Crippen LogP contribution in [-0.4, -0.2) is 47.6 Å². The lowest BCUT2D eigenvalue weighted by molar-refractivity contribution is -0.131. The number of β-amino-alcohol motifs (C(OH)–C–C–N with tert-alkyl or cyclic N) is 1. The molecule has 1 aliphatic rings. The first kappa shape index (κ1) is 14.0. The van der Waals surface area contributed by atoms with Gasteiger partial charge in [-0.2, -0.15) is 0 Å². The van der Waals surface area contributed by atoms with Crippen molar-refractivity contribution in [3.63, 3.8) is 0 Å². The molecule has 17 heavy (non-hydrogen) atoms. The summed E-state index contributed by atoms with van der Waals surface area (Å²) in [5.74, 6) is -0.0532. The van der Waals surface area contributed by atoms with Gasteiger partial charge in [-0.3, -0.25) is 9.59 Å². The second-order valence-corrected chi connectivity index (χ2v) is 5.54. The fourth-order valence-corrected chi connectivity index (χ4v) is 1.67. The maximum Gasteiger partial charge on any atom is 0.225 e. The van der Waals surface area contributed by atoms with Crippen LogP contribution in [0.3, 0.4) is 0 Å². The molecular formula is C12H22N2O3. The summed E-state index contributed by atoms with van der Waals surface area (Å²) in [5.41, 5.74) is -0.424. The molecule has 0 aromatic rings. The molecule has 5 nitrogen and oxygen atoms in total. The van der Waals surface area contributed by atoms with E-state index >= 15 is 0 Å². The number of hydrogen-bond donors (Lipinski definition) is 2. The summed E-state index contributed by atoms with van der Waals surface area (Å²) < 4.78 is 0. The number of amides is 2. The lowest BCUT2D eigenvalue weighted by atomic mass is 9.96. The molecule has 0 unspecified atom stereocenters. The van der Waals surface area contributed by atoms with E-state index in [0.29, 0.717) is 32.5 Å². The van der Waals surface area contributed by atoms with Gasteiger partial charge in [-0.15, -0.1) is 0 Å². The molecular weight excluding hydrogens is 220 g/mol. The molecule has 1 saturated heterocycles. The van der Waals surface area contributed by atoms with Gasteiger partial charge in [-0.25, -0.2) is 0 Å². The molecule has 0 radical (unpaired) electrons. The Balaban J connectivity index is 2.23. The first-order valence-electron chi connectivity index (χ1n) is 6.05. The Morgan fingerprint density at radius 1 is 1.41 bits per heavy atom. The van der Waals surface area contributed by atoms with Crippen molar-refractivity contribution in [2.75, 3.05) is 19.6 Å². The summed E-state index contributed by atoms with van der Waals surface area (Å²) in [6.45, 7) is 6.91. The molecule has 0 spiro atoms. The zero-order valence-electron chi connectivity index (χ0n) is 10.8. The van der Waals surface area contributed by atoms with Gasteiger partial charge in [0.25, 0.3) is 0 Å². The summed E-state index contributed by atoms with van der Waals surface area (Å²) in [6, 6.07) is 0. The topological polar surface area (TPSA) is 69.6 Å². The highest BCUT2D eigenvalue weighted by molar-refractivity contribution is 5.82. The number of aliphatic hydroxyl groups is 1. The molecule has 1 heterocycles. The number of aliphatic hydroxyl groups excluding tert-OH is 1. The molecule has 0 bridgehead atoms. The zero-order valence-corrected chi connectivity index (χ0v) is 10.8. The maximum absolute atomic E-state index is 11.7. The summed E-state index contributed by atoms with van der Waals surface area (Å²) in [4.78, 5) is 24.9. The third-order valence-electron chi connectivity index (χ3n) is 2.82. The molecule has 0 aliphatic carbocycles. The Morgan fingerprint density at radius 3 is 2.53 bits per heavy atom. The molecule has 2 N–H and O–H groups in total. The Kier molecular flexibility index (Phi) is 4.51. The van der Waals surface area contributed by atoms with Crippen LogP contribution >= 0.6 is 0 Å². The van der Waals surface area contributed by atoms with Crippen LogP contribution in [0.1, 0.15) is 33.6 Å². The van der Waals surface area contributed by atoms with Crippen LogP contribution < -0.4 is 5.32 Å². The van der Waals surface area contributed by atoms with Crippen LogP contribution in [0.25, 0.3) is 0 Å². The van der Waals surface area contributed by atoms with Crippen LogP contribution in [0.2, 0.25) is 0 Å². The van der Waals surface area contributed by atoms with Gasteiger partial charge in [-0.1, -0.05) is 20.8 Å². The predicted molar refractivity (Wildman–Crippen MR) is 64.3 cm³/mol. The van der Waals surface area contributed by atoms with Crippen molar-refractivity contribution in [3.8, 4) is 0 Å². The Bertz CT molecular complexity index is 297. The lowest BCUT2D eigenvalue weighted by Gasteiger charge is -2.19. The lowest BCUT2D eigenvalue weighted by Crippen LogP contribution is -2.38. The van der Waals surface area contributed by atoms with E-state index in [1.807, 2.05) is 20.8 Å². The smallest absolute Gasteiger partial charge is 0.225 e. The van der Waals surface area contributed by atoms with Crippen molar-refractivity contribution in [1.29, 1.82) is 0 Å². The highest BCUT2D eigenvalue weighted by Crippen LogP contribution is 2.13. The van der Waals surface area contributed by atoms with E-state index in [4.69, 9.17) is 0 Å². The van der Waals surface area contributed by atoms with Gasteiger partial charge in [0.15, 0.2) is 0 Å². The number of nitrogens with zero attached hydrogens (tertiary/aromatic N) is 1. The van der Waals surface area contributed by atoms with E-state index in [1.54, 1.807) is 4.90 Å². The van der Waals surface area contributed by atoms with Gasteiger partial charge in [0.1, 0.15) is 0 Å². The van der Waals surface area contributed by atoms with E-state index in [9.17, 15) is 14.7 Å². The molecule has 1 aliphatic heterocycles. The third kappa shape index (κ3) is 4.34. The number of hydrogen-bond acceptors (Lipinski definition) is 3. The SMILES string of the molecule is CC(C)(C)C(=O)NCCC(=O)N1CC[C@@H](O)C1. The molecule has 98 valence electrons. The van der Waals surface area contributed by atoms with Crippen molar-refractivity contribution in [2.45, 2.75) is 39.7 Å².